The number of nitrogens with one attached hydrogen (secondary N) is 1. The molecule has 1 N–H and O–H groups in total. The highest BCUT2D eigenvalue weighted by molar-refractivity contribution is 5.64. The highest BCUT2D eigenvalue weighted by Crippen LogP contribution is 2.36. The fraction of sp³-hybridized carbons (Fsp3) is 0.455. The van der Waals surface area contributed by atoms with E-state index in [1.54, 1.807) is 7.05 Å². The average molecular weight is 277 g/mol. The second-order valence-electron chi connectivity index (χ2n) is 3.98. The zero-order valence-corrected chi connectivity index (χ0v) is 10.5. The molecule has 0 saturated heterocycles. The van der Waals surface area contributed by atoms with Crippen LogP contribution in [0.3, 0.4) is 0 Å². The highest BCUT2D eigenvalue weighted by Gasteiger charge is 2.32. The van der Waals surface area contributed by atoms with Crippen LogP contribution in [-0.2, 0) is 6.18 Å². The van der Waals surface area contributed by atoms with Gasteiger partial charge >= 0.3 is 6.18 Å². The van der Waals surface area contributed by atoms with Gasteiger partial charge in [-0.1, -0.05) is 0 Å². The lowest BCUT2D eigenvalue weighted by molar-refractivity contribution is -0.384. The maximum atomic E-state index is 12.6. The number of anilines is 1. The minimum atomic E-state index is -4.52. The van der Waals surface area contributed by atoms with E-state index < -0.39 is 16.7 Å². The maximum absolute atomic E-state index is 12.6. The zero-order valence-electron chi connectivity index (χ0n) is 10.5. The average Bonchev–Trinajstić information content (AvgIpc) is 2.33. The van der Waals surface area contributed by atoms with E-state index in [1.807, 2.05) is 0 Å². The van der Waals surface area contributed by atoms with E-state index in [9.17, 15) is 23.3 Å². The van der Waals surface area contributed by atoms with Crippen molar-refractivity contribution in [1.29, 1.82) is 0 Å². The molecule has 1 rings (SSSR count). The van der Waals surface area contributed by atoms with Gasteiger partial charge in [0.25, 0.3) is 5.69 Å². The number of rotatable bonds is 5. The Hall–Kier alpha value is -1.83. The number of benzene rings is 1. The Kier molecular flexibility index (Phi) is 4.71. The number of hydrogen-bond donors (Lipinski definition) is 1. The highest BCUT2D eigenvalue weighted by atomic mass is 19.4. The summed E-state index contributed by atoms with van der Waals surface area (Å²) in [5.74, 6) is 0. The smallest absolute Gasteiger partial charge is 0.368 e. The number of likely N-dealkylation sites (N-methyl/N-ethyl adjacent to an activating group) is 2. The Bertz CT molecular complexity index is 463. The van der Waals surface area contributed by atoms with Crippen LogP contribution in [0.2, 0.25) is 0 Å². The van der Waals surface area contributed by atoms with Gasteiger partial charge < -0.3 is 10.2 Å². The SMILES string of the molecule is CNCCN(C)c1cc(C(F)(F)F)ccc1[N+](=O)[O-]. The van der Waals surface area contributed by atoms with Crippen molar-refractivity contribution >= 4 is 11.4 Å². The molecule has 0 spiro atoms. The summed E-state index contributed by atoms with van der Waals surface area (Å²) < 4.78 is 37.8. The molecule has 0 atom stereocenters. The number of nitro benzene ring substituents is 1. The number of nitrogens with zero attached hydrogens (tertiary/aromatic N) is 2. The van der Waals surface area contributed by atoms with Crippen LogP contribution in [0.1, 0.15) is 5.56 Å². The van der Waals surface area contributed by atoms with Crippen LogP contribution in [0.5, 0.6) is 0 Å². The summed E-state index contributed by atoms with van der Waals surface area (Å²) in [4.78, 5) is 11.6. The van der Waals surface area contributed by atoms with Gasteiger partial charge in [0.1, 0.15) is 5.69 Å². The first kappa shape index (κ1) is 15.2. The van der Waals surface area contributed by atoms with Crippen molar-refractivity contribution < 1.29 is 18.1 Å². The number of nitro groups is 1. The molecular weight excluding hydrogens is 263 g/mol. The van der Waals surface area contributed by atoms with E-state index in [0.717, 1.165) is 12.1 Å². The van der Waals surface area contributed by atoms with Crippen LogP contribution in [0.25, 0.3) is 0 Å². The fourth-order valence-corrected chi connectivity index (χ4v) is 1.56. The predicted molar refractivity (Wildman–Crippen MR) is 65.3 cm³/mol. The molecule has 1 aromatic rings. The Morgan fingerprint density at radius 2 is 2.05 bits per heavy atom. The first-order chi connectivity index (χ1) is 8.77. The predicted octanol–water partition coefficient (Wildman–Crippen LogP) is 2.27. The summed E-state index contributed by atoms with van der Waals surface area (Å²) >= 11 is 0. The van der Waals surface area contributed by atoms with E-state index in [4.69, 9.17) is 0 Å². The topological polar surface area (TPSA) is 58.4 Å². The zero-order chi connectivity index (χ0) is 14.6. The molecule has 0 bridgehead atoms. The normalized spacial score (nSPS) is 11.4. The van der Waals surface area contributed by atoms with Gasteiger partial charge in [0.2, 0.25) is 0 Å². The summed E-state index contributed by atoms with van der Waals surface area (Å²) in [7, 11) is 3.20. The van der Waals surface area contributed by atoms with Crippen molar-refractivity contribution in [2.45, 2.75) is 6.18 Å². The molecule has 19 heavy (non-hydrogen) atoms. The van der Waals surface area contributed by atoms with Gasteiger partial charge in [0.05, 0.1) is 10.5 Å². The Morgan fingerprint density at radius 3 is 2.53 bits per heavy atom. The van der Waals surface area contributed by atoms with Crippen LogP contribution >= 0.6 is 0 Å². The quantitative estimate of drug-likeness (QED) is 0.662. The minimum absolute atomic E-state index is 0.0462. The minimum Gasteiger partial charge on any atom is -0.368 e. The molecule has 0 saturated carbocycles. The molecule has 0 unspecified atom stereocenters. The van der Waals surface area contributed by atoms with Gasteiger partial charge in [-0.15, -0.1) is 0 Å². The van der Waals surface area contributed by atoms with E-state index in [-0.39, 0.29) is 11.4 Å². The summed E-state index contributed by atoms with van der Waals surface area (Å²) in [5, 5.41) is 13.7. The fourth-order valence-electron chi connectivity index (χ4n) is 1.56. The first-order valence-electron chi connectivity index (χ1n) is 5.48. The first-order valence-corrected chi connectivity index (χ1v) is 5.48. The third-order valence-corrected chi connectivity index (χ3v) is 2.61. The second kappa shape index (κ2) is 5.87. The van der Waals surface area contributed by atoms with Crippen molar-refractivity contribution in [3.05, 3.63) is 33.9 Å². The largest absolute Gasteiger partial charge is 0.416 e. The molecule has 8 heteroatoms. The lowest BCUT2D eigenvalue weighted by atomic mass is 10.1. The van der Waals surface area contributed by atoms with Crippen molar-refractivity contribution in [2.24, 2.45) is 0 Å². The molecule has 0 aliphatic rings. The van der Waals surface area contributed by atoms with E-state index in [1.165, 1.54) is 11.9 Å². The second-order valence-corrected chi connectivity index (χ2v) is 3.98. The molecule has 0 heterocycles. The summed E-state index contributed by atoms with van der Waals surface area (Å²) in [5.41, 5.74) is -1.29. The van der Waals surface area contributed by atoms with Gasteiger partial charge in [-0.25, -0.2) is 0 Å². The van der Waals surface area contributed by atoms with E-state index >= 15 is 0 Å². The van der Waals surface area contributed by atoms with Crippen LogP contribution in [0, 0.1) is 10.1 Å². The molecule has 0 radical (unpaired) electrons. The van der Waals surface area contributed by atoms with Crippen LogP contribution in [0.15, 0.2) is 18.2 Å². The van der Waals surface area contributed by atoms with Gasteiger partial charge in [-0.05, 0) is 19.2 Å². The van der Waals surface area contributed by atoms with Gasteiger partial charge in [-0.2, -0.15) is 13.2 Å². The third kappa shape index (κ3) is 3.82. The molecule has 5 nitrogen and oxygen atoms in total. The van der Waals surface area contributed by atoms with Gasteiger partial charge in [0, 0.05) is 26.2 Å². The van der Waals surface area contributed by atoms with Crippen molar-refractivity contribution in [3.63, 3.8) is 0 Å². The monoisotopic (exact) mass is 277 g/mol. The lowest BCUT2D eigenvalue weighted by Crippen LogP contribution is -2.27. The molecule has 0 fully saturated rings. The van der Waals surface area contributed by atoms with E-state index in [0.29, 0.717) is 19.2 Å². The number of alkyl halides is 3. The summed E-state index contributed by atoms with van der Waals surface area (Å²) in [6.07, 6.45) is -4.52. The summed E-state index contributed by atoms with van der Waals surface area (Å²) in [6, 6.07) is 2.40. The standard InChI is InChI=1S/C11H14F3N3O2/c1-15-5-6-16(2)10-7-8(11(12,13)14)3-4-9(10)17(18)19/h3-4,7,15H,5-6H2,1-2H3. The molecule has 0 aliphatic heterocycles. The van der Waals surface area contributed by atoms with Crippen LogP contribution in [-0.4, -0.2) is 32.1 Å². The summed E-state index contributed by atoms with van der Waals surface area (Å²) in [6.45, 7) is 0.864. The lowest BCUT2D eigenvalue weighted by Gasteiger charge is -2.20. The Balaban J connectivity index is 3.19. The number of halogens is 3. The van der Waals surface area contributed by atoms with Gasteiger partial charge in [-0.3, -0.25) is 10.1 Å². The molecule has 0 amide bonds. The maximum Gasteiger partial charge on any atom is 0.416 e. The van der Waals surface area contributed by atoms with E-state index in [2.05, 4.69) is 5.32 Å². The number of hydrogen-bond acceptors (Lipinski definition) is 4. The van der Waals surface area contributed by atoms with Crippen molar-refractivity contribution in [2.75, 3.05) is 32.1 Å². The third-order valence-electron chi connectivity index (χ3n) is 2.61. The molecule has 1 aromatic carbocycles. The van der Waals surface area contributed by atoms with Crippen molar-refractivity contribution in [3.8, 4) is 0 Å². The Labute approximate surface area is 108 Å². The molecule has 0 aromatic heterocycles. The van der Waals surface area contributed by atoms with Gasteiger partial charge in [0.15, 0.2) is 0 Å². The molecular formula is C11H14F3N3O2. The van der Waals surface area contributed by atoms with Crippen LogP contribution < -0.4 is 10.2 Å². The Morgan fingerprint density at radius 1 is 1.42 bits per heavy atom. The van der Waals surface area contributed by atoms with Crippen molar-refractivity contribution in [1.82, 2.24) is 5.32 Å². The molecule has 0 aliphatic carbocycles. The van der Waals surface area contributed by atoms with Crippen LogP contribution in [0.4, 0.5) is 24.5 Å². The molecule has 106 valence electrons.